The summed E-state index contributed by atoms with van der Waals surface area (Å²) in [6.07, 6.45) is 2.72. The van der Waals surface area contributed by atoms with Gasteiger partial charge in [0.15, 0.2) is 5.78 Å². The quantitative estimate of drug-likeness (QED) is 0.331. The summed E-state index contributed by atoms with van der Waals surface area (Å²) in [4.78, 5) is 25.9. The Hall–Kier alpha value is -3.79. The van der Waals surface area contributed by atoms with Gasteiger partial charge in [-0.2, -0.15) is 0 Å². The molecule has 0 spiro atoms. The Morgan fingerprint density at radius 2 is 1.58 bits per heavy atom. The number of carbonyl (C=O) groups excluding carboxylic acids is 1. The summed E-state index contributed by atoms with van der Waals surface area (Å²) in [5.74, 6) is -0.270. The Bertz CT molecular complexity index is 1330. The third-order valence-electron chi connectivity index (χ3n) is 6.42. The lowest BCUT2D eigenvalue weighted by atomic mass is 9.81. The number of benzene rings is 3. The normalized spacial score (nSPS) is 15.1. The molecule has 164 valence electrons. The number of aromatic nitrogens is 2. The van der Waals surface area contributed by atoms with Crippen LogP contribution in [-0.2, 0) is 0 Å². The first-order valence-corrected chi connectivity index (χ1v) is 11.6. The largest absolute Gasteiger partial charge is 0.372 e. The van der Waals surface area contributed by atoms with Crippen molar-refractivity contribution in [3.8, 4) is 0 Å². The fraction of sp³-hybridized carbons (Fsp3) is 0.207. The summed E-state index contributed by atoms with van der Waals surface area (Å²) < 4.78 is 0. The summed E-state index contributed by atoms with van der Waals surface area (Å²) in [6.45, 7) is 6.18. The molecule has 4 heteroatoms. The van der Waals surface area contributed by atoms with Crippen molar-refractivity contribution >= 4 is 34.2 Å². The minimum absolute atomic E-state index is 0.0896. The molecule has 1 heterocycles. The van der Waals surface area contributed by atoms with Crippen molar-refractivity contribution in [2.75, 3.05) is 18.0 Å². The minimum Gasteiger partial charge on any atom is -0.372 e. The second kappa shape index (κ2) is 8.99. The Morgan fingerprint density at radius 3 is 2.27 bits per heavy atom. The van der Waals surface area contributed by atoms with Crippen molar-refractivity contribution in [2.24, 2.45) is 0 Å². The van der Waals surface area contributed by atoms with Crippen LogP contribution in [0.1, 0.15) is 53.5 Å². The fourth-order valence-electron chi connectivity index (χ4n) is 4.63. The number of carbonyl (C=O) groups is 1. The van der Waals surface area contributed by atoms with Crippen molar-refractivity contribution in [2.45, 2.75) is 26.2 Å². The molecule has 1 atom stereocenters. The van der Waals surface area contributed by atoms with Gasteiger partial charge in [-0.3, -0.25) is 4.79 Å². The summed E-state index contributed by atoms with van der Waals surface area (Å²) in [6, 6.07) is 26.0. The van der Waals surface area contributed by atoms with Crippen LogP contribution in [0, 0.1) is 0 Å². The predicted molar refractivity (Wildman–Crippen MR) is 136 cm³/mol. The Morgan fingerprint density at radius 1 is 0.879 bits per heavy atom. The van der Waals surface area contributed by atoms with Gasteiger partial charge in [-0.05, 0) is 55.7 Å². The van der Waals surface area contributed by atoms with Crippen LogP contribution < -0.4 is 4.90 Å². The molecule has 1 aliphatic carbocycles. The maximum atomic E-state index is 13.6. The molecule has 0 fully saturated rings. The van der Waals surface area contributed by atoms with Gasteiger partial charge in [0.2, 0.25) is 0 Å². The van der Waals surface area contributed by atoms with Crippen molar-refractivity contribution in [3.63, 3.8) is 0 Å². The Balaban J connectivity index is 1.66. The van der Waals surface area contributed by atoms with Crippen LogP contribution in [0.4, 0.5) is 5.69 Å². The molecule has 0 radical (unpaired) electrons. The maximum Gasteiger partial charge on any atom is 0.172 e. The lowest BCUT2D eigenvalue weighted by Gasteiger charge is -2.25. The average Bonchev–Trinajstić information content (AvgIpc) is 2.88. The molecule has 0 amide bonds. The van der Waals surface area contributed by atoms with E-state index in [1.807, 2.05) is 54.6 Å². The van der Waals surface area contributed by atoms with Crippen molar-refractivity contribution in [3.05, 3.63) is 101 Å². The number of Topliss-reactive ketones (excluding diaryl/α,β-unsaturated/α-hetero) is 1. The second-order valence-corrected chi connectivity index (χ2v) is 8.36. The van der Waals surface area contributed by atoms with E-state index in [2.05, 4.69) is 49.1 Å². The lowest BCUT2D eigenvalue weighted by Crippen LogP contribution is -2.22. The van der Waals surface area contributed by atoms with Gasteiger partial charge in [0.05, 0.1) is 28.3 Å². The van der Waals surface area contributed by atoms with E-state index >= 15 is 0 Å². The number of nitrogens with zero attached hydrogens (tertiary/aromatic N) is 3. The molecule has 1 aliphatic rings. The summed E-state index contributed by atoms with van der Waals surface area (Å²) in [5, 5.41) is 0. The zero-order valence-corrected chi connectivity index (χ0v) is 19.0. The van der Waals surface area contributed by atoms with Crippen molar-refractivity contribution in [1.82, 2.24) is 9.97 Å². The molecular formula is C29H27N3O. The van der Waals surface area contributed by atoms with E-state index in [1.165, 1.54) is 0 Å². The summed E-state index contributed by atoms with van der Waals surface area (Å²) >= 11 is 0. The van der Waals surface area contributed by atoms with Crippen LogP contribution in [0.25, 0.3) is 22.7 Å². The number of anilines is 1. The smallest absolute Gasteiger partial charge is 0.172 e. The van der Waals surface area contributed by atoms with E-state index in [9.17, 15) is 4.79 Å². The zero-order valence-electron chi connectivity index (χ0n) is 19.0. The molecule has 33 heavy (non-hydrogen) atoms. The van der Waals surface area contributed by atoms with Crippen LogP contribution in [0.15, 0.2) is 78.9 Å². The highest BCUT2D eigenvalue weighted by Gasteiger charge is 2.31. The monoisotopic (exact) mass is 433 g/mol. The average molecular weight is 434 g/mol. The highest BCUT2D eigenvalue weighted by Crippen LogP contribution is 2.39. The van der Waals surface area contributed by atoms with Crippen LogP contribution in [0.5, 0.6) is 0 Å². The highest BCUT2D eigenvalue weighted by atomic mass is 16.1. The molecule has 4 nitrogen and oxygen atoms in total. The predicted octanol–water partition coefficient (Wildman–Crippen LogP) is 6.39. The van der Waals surface area contributed by atoms with Crippen molar-refractivity contribution < 1.29 is 4.79 Å². The van der Waals surface area contributed by atoms with Crippen molar-refractivity contribution in [1.29, 1.82) is 0 Å². The van der Waals surface area contributed by atoms with Gasteiger partial charge in [-0.15, -0.1) is 0 Å². The standard InChI is InChI=1S/C29H27N3O/c1-3-32(4-2)23-15-16-25-26(19-23)30-27-18-22(20-11-7-5-8-12-20)17-24(28(27)31-25)29(33)21-13-9-6-10-14-21/h5-16,18-19,24H,3-4,17H2,1-2H3. The van der Waals surface area contributed by atoms with Gasteiger partial charge in [-0.1, -0.05) is 60.7 Å². The number of allylic oxidation sites excluding steroid dienone is 1. The summed E-state index contributed by atoms with van der Waals surface area (Å²) in [7, 11) is 0. The molecule has 0 saturated heterocycles. The number of hydrogen-bond acceptors (Lipinski definition) is 4. The first-order chi connectivity index (χ1) is 16.2. The van der Waals surface area contributed by atoms with E-state index in [0.29, 0.717) is 12.0 Å². The van der Waals surface area contributed by atoms with E-state index in [1.54, 1.807) is 0 Å². The van der Waals surface area contributed by atoms with Gasteiger partial charge in [-0.25, -0.2) is 9.97 Å². The SMILES string of the molecule is CCN(CC)c1ccc2nc3c(nc2c1)C=C(c1ccccc1)CC3C(=O)c1ccccc1. The second-order valence-electron chi connectivity index (χ2n) is 8.36. The molecule has 0 bridgehead atoms. The molecule has 1 aromatic heterocycles. The van der Waals surface area contributed by atoms with Gasteiger partial charge in [0.1, 0.15) is 0 Å². The first-order valence-electron chi connectivity index (χ1n) is 11.6. The van der Waals surface area contributed by atoms with E-state index in [0.717, 1.165) is 52.3 Å². The molecule has 5 rings (SSSR count). The fourth-order valence-corrected chi connectivity index (χ4v) is 4.63. The first kappa shape index (κ1) is 21.1. The van der Waals surface area contributed by atoms with Crippen LogP contribution in [-0.4, -0.2) is 28.8 Å². The molecule has 3 aromatic carbocycles. The van der Waals surface area contributed by atoms with Gasteiger partial charge in [0, 0.05) is 24.3 Å². The zero-order chi connectivity index (χ0) is 22.8. The van der Waals surface area contributed by atoms with Crippen LogP contribution in [0.3, 0.4) is 0 Å². The van der Waals surface area contributed by atoms with E-state index in [4.69, 9.17) is 9.97 Å². The molecule has 4 aromatic rings. The Labute approximate surface area is 194 Å². The van der Waals surface area contributed by atoms with Gasteiger partial charge < -0.3 is 4.90 Å². The number of rotatable bonds is 6. The maximum absolute atomic E-state index is 13.6. The van der Waals surface area contributed by atoms with Crippen LogP contribution >= 0.6 is 0 Å². The van der Waals surface area contributed by atoms with Crippen LogP contribution in [0.2, 0.25) is 0 Å². The van der Waals surface area contributed by atoms with Gasteiger partial charge in [0.25, 0.3) is 0 Å². The lowest BCUT2D eigenvalue weighted by molar-refractivity contribution is 0.0958. The number of fused-ring (bicyclic) bond motifs is 2. The molecule has 1 unspecified atom stereocenters. The topological polar surface area (TPSA) is 46.1 Å². The molecular weight excluding hydrogens is 406 g/mol. The molecule has 0 saturated carbocycles. The number of ketones is 1. The minimum atomic E-state index is -0.359. The molecule has 0 N–H and O–H groups in total. The van der Waals surface area contributed by atoms with E-state index in [-0.39, 0.29) is 11.7 Å². The third kappa shape index (κ3) is 4.05. The number of hydrogen-bond donors (Lipinski definition) is 0. The highest BCUT2D eigenvalue weighted by molar-refractivity contribution is 6.04. The van der Waals surface area contributed by atoms with Gasteiger partial charge >= 0.3 is 0 Å². The Kier molecular flexibility index (Phi) is 5.74. The van der Waals surface area contributed by atoms with E-state index < -0.39 is 0 Å². The summed E-state index contributed by atoms with van der Waals surface area (Å²) in [5.41, 5.74) is 7.33. The molecule has 0 aliphatic heterocycles. The third-order valence-corrected chi connectivity index (χ3v) is 6.42.